The van der Waals surface area contributed by atoms with Gasteiger partial charge in [-0.15, -0.1) is 11.8 Å². The number of aromatic nitrogens is 2. The minimum absolute atomic E-state index is 0. The fourth-order valence-electron chi connectivity index (χ4n) is 3.33. The molecule has 1 fully saturated rings. The van der Waals surface area contributed by atoms with Gasteiger partial charge in [0.05, 0.1) is 36.2 Å². The van der Waals surface area contributed by atoms with E-state index in [2.05, 4.69) is 26.8 Å². The SMILES string of the molecule is C.CC.CN1C=CC=CC1C#N.COc1cnc(Cl)cc1-c1cnccc1C(=O)NCSC(NN)C1CC1. The molecule has 2 aliphatic rings. The fraction of sp³-hybridized carbons (Fsp3) is 0.407. The molecule has 2 aromatic heterocycles. The Morgan fingerprint density at radius 3 is 2.66 bits per heavy atom. The summed E-state index contributed by atoms with van der Waals surface area (Å²) in [6, 6.07) is 5.39. The van der Waals surface area contributed by atoms with Gasteiger partial charge in [-0.3, -0.25) is 15.6 Å². The lowest BCUT2D eigenvalue weighted by Gasteiger charge is -2.18. The van der Waals surface area contributed by atoms with E-state index in [1.807, 2.05) is 50.2 Å². The summed E-state index contributed by atoms with van der Waals surface area (Å²) in [5.41, 5.74) is 4.59. The van der Waals surface area contributed by atoms with Gasteiger partial charge in [0, 0.05) is 36.8 Å². The van der Waals surface area contributed by atoms with Crippen LogP contribution < -0.4 is 21.3 Å². The van der Waals surface area contributed by atoms with E-state index in [1.165, 1.54) is 19.0 Å². The number of nitrogens with two attached hydrogens (primary N) is 1. The number of likely N-dealkylation sites (N-methyl/N-ethyl adjacent to an activating group) is 1. The van der Waals surface area contributed by atoms with Gasteiger partial charge in [0.25, 0.3) is 5.91 Å². The maximum absolute atomic E-state index is 12.7. The molecule has 4 N–H and O–H groups in total. The first-order valence-electron chi connectivity index (χ1n) is 11.9. The average molecular weight is 560 g/mol. The number of nitrogens with zero attached hydrogens (tertiary/aromatic N) is 4. The number of hydrogen-bond donors (Lipinski definition) is 3. The summed E-state index contributed by atoms with van der Waals surface area (Å²) in [5.74, 6) is 6.93. The zero-order valence-electron chi connectivity index (χ0n) is 21.5. The molecule has 2 aromatic rings. The highest BCUT2D eigenvalue weighted by molar-refractivity contribution is 7.99. The number of thioether (sulfide) groups is 1. The van der Waals surface area contributed by atoms with Crippen LogP contribution in [0.4, 0.5) is 0 Å². The van der Waals surface area contributed by atoms with Gasteiger partial charge in [0.1, 0.15) is 16.9 Å². The smallest absolute Gasteiger partial charge is 0.252 e. The average Bonchev–Trinajstić information content (AvgIpc) is 3.78. The second kappa shape index (κ2) is 17.4. The third-order valence-corrected chi connectivity index (χ3v) is 6.81. The third kappa shape index (κ3) is 9.65. The normalized spacial score (nSPS) is 15.9. The fourth-order valence-corrected chi connectivity index (χ4v) is 4.52. The molecule has 1 saturated carbocycles. The van der Waals surface area contributed by atoms with Crippen LogP contribution in [0.15, 0.2) is 55.2 Å². The molecule has 1 aliphatic heterocycles. The van der Waals surface area contributed by atoms with Crippen LogP contribution >= 0.6 is 23.4 Å². The maximum Gasteiger partial charge on any atom is 0.252 e. The number of nitriles is 1. The minimum atomic E-state index is -0.198. The number of hydrogen-bond acceptors (Lipinski definition) is 9. The van der Waals surface area contributed by atoms with E-state index < -0.39 is 0 Å². The highest BCUT2D eigenvalue weighted by atomic mass is 35.5. The van der Waals surface area contributed by atoms with Gasteiger partial charge in [0.2, 0.25) is 0 Å². The lowest BCUT2D eigenvalue weighted by molar-refractivity contribution is 0.0961. The predicted molar refractivity (Wildman–Crippen MR) is 156 cm³/mol. The van der Waals surface area contributed by atoms with Crippen LogP contribution in [0, 0.1) is 17.2 Å². The molecule has 0 aromatic carbocycles. The largest absolute Gasteiger partial charge is 0.494 e. The number of hydrazine groups is 1. The monoisotopic (exact) mass is 559 g/mol. The maximum atomic E-state index is 12.7. The van der Waals surface area contributed by atoms with Crippen LogP contribution in [0.25, 0.3) is 11.1 Å². The lowest BCUT2D eigenvalue weighted by Crippen LogP contribution is -2.36. The Morgan fingerprint density at radius 1 is 1.34 bits per heavy atom. The van der Waals surface area contributed by atoms with Gasteiger partial charge in [-0.05, 0) is 43.0 Å². The summed E-state index contributed by atoms with van der Waals surface area (Å²) in [6.45, 7) is 4.00. The molecule has 2 atom stereocenters. The van der Waals surface area contributed by atoms with Crippen LogP contribution in [-0.2, 0) is 0 Å². The number of carbonyl (C=O) groups is 1. The van der Waals surface area contributed by atoms with Gasteiger partial charge >= 0.3 is 0 Å². The molecule has 2 unspecified atom stereocenters. The van der Waals surface area contributed by atoms with Gasteiger partial charge in [-0.25, -0.2) is 10.4 Å². The molecular formula is C27H38ClN7O2S. The molecule has 38 heavy (non-hydrogen) atoms. The van der Waals surface area contributed by atoms with Gasteiger partial charge in [0.15, 0.2) is 0 Å². The van der Waals surface area contributed by atoms with Crippen LogP contribution in [-0.4, -0.2) is 52.2 Å². The molecular weight excluding hydrogens is 522 g/mol. The second-order valence-corrected chi connectivity index (χ2v) is 9.35. The van der Waals surface area contributed by atoms with Gasteiger partial charge in [-0.2, -0.15) is 5.26 Å². The third-order valence-electron chi connectivity index (χ3n) is 5.42. The van der Waals surface area contributed by atoms with Crippen molar-refractivity contribution in [2.75, 3.05) is 20.0 Å². The van der Waals surface area contributed by atoms with Crippen molar-refractivity contribution in [3.63, 3.8) is 0 Å². The Labute approximate surface area is 235 Å². The molecule has 11 heteroatoms. The Bertz CT molecular complexity index is 1120. The van der Waals surface area contributed by atoms with Gasteiger partial charge < -0.3 is 15.0 Å². The molecule has 0 spiro atoms. The van der Waals surface area contributed by atoms with Crippen molar-refractivity contribution in [3.8, 4) is 22.9 Å². The molecule has 4 rings (SSSR count). The van der Waals surface area contributed by atoms with Crippen LogP contribution in [0.1, 0.15) is 44.5 Å². The highest BCUT2D eigenvalue weighted by Crippen LogP contribution is 2.37. The number of rotatable bonds is 8. The van der Waals surface area contributed by atoms with Crippen LogP contribution in [0.3, 0.4) is 0 Å². The summed E-state index contributed by atoms with van der Waals surface area (Å²) < 4.78 is 5.34. The molecule has 1 aliphatic carbocycles. The van der Waals surface area contributed by atoms with E-state index in [1.54, 1.807) is 43.4 Å². The van der Waals surface area contributed by atoms with Crippen LogP contribution in [0.5, 0.6) is 5.75 Å². The number of nitrogens with one attached hydrogen (secondary N) is 2. The van der Waals surface area contributed by atoms with Crippen molar-refractivity contribution in [1.82, 2.24) is 25.6 Å². The Morgan fingerprint density at radius 2 is 2.08 bits per heavy atom. The first-order chi connectivity index (χ1) is 18.0. The van der Waals surface area contributed by atoms with E-state index in [0.29, 0.717) is 39.4 Å². The number of methoxy groups -OCH3 is 1. The quantitative estimate of drug-likeness (QED) is 0.177. The van der Waals surface area contributed by atoms with Crippen molar-refractivity contribution >= 4 is 29.3 Å². The van der Waals surface area contributed by atoms with E-state index in [0.717, 1.165) is 0 Å². The molecule has 0 bridgehead atoms. The first-order valence-corrected chi connectivity index (χ1v) is 13.4. The standard InChI is InChI=1S/C17H20ClN5O2S.C7H8N2.C2H6.CH4/c1-25-14-8-21-15(18)6-12(14)13-7-20-5-4-11(13)16(24)22-9-26-17(23-19)10-2-3-10;1-9-5-3-2-4-7(9)6-8;1-2;/h4-8,10,17,23H,2-3,9,19H2,1H3,(H,22,24);2-5,7H,1H3;1-2H3;1H4. The van der Waals surface area contributed by atoms with Gasteiger partial charge in [-0.1, -0.05) is 39.0 Å². The Kier molecular flexibility index (Phi) is 15.1. The predicted octanol–water partition coefficient (Wildman–Crippen LogP) is 4.98. The number of halogens is 1. The number of carbonyl (C=O) groups excluding carboxylic acids is 1. The minimum Gasteiger partial charge on any atom is -0.494 e. The first kappa shape index (κ1) is 32.9. The summed E-state index contributed by atoms with van der Waals surface area (Å²) in [6.07, 6.45) is 14.6. The summed E-state index contributed by atoms with van der Waals surface area (Å²) in [7, 11) is 3.42. The van der Waals surface area contributed by atoms with Crippen molar-refractivity contribution in [2.24, 2.45) is 11.8 Å². The second-order valence-electron chi connectivity index (χ2n) is 7.84. The van der Waals surface area contributed by atoms with Crippen molar-refractivity contribution in [3.05, 3.63) is 65.9 Å². The van der Waals surface area contributed by atoms with E-state index in [4.69, 9.17) is 27.4 Å². The molecule has 9 nitrogen and oxygen atoms in total. The Hall–Kier alpha value is -3.10. The van der Waals surface area contributed by atoms with Crippen molar-refractivity contribution < 1.29 is 9.53 Å². The summed E-state index contributed by atoms with van der Waals surface area (Å²) >= 11 is 7.60. The lowest BCUT2D eigenvalue weighted by atomic mass is 10.0. The summed E-state index contributed by atoms with van der Waals surface area (Å²) in [5, 5.41) is 11.9. The van der Waals surface area contributed by atoms with E-state index >= 15 is 0 Å². The molecule has 0 radical (unpaired) electrons. The van der Waals surface area contributed by atoms with Crippen molar-refractivity contribution in [1.29, 1.82) is 5.26 Å². The number of pyridine rings is 2. The number of amides is 1. The number of ether oxygens (including phenoxy) is 1. The molecule has 3 heterocycles. The number of allylic oxidation sites excluding steroid dienone is 2. The highest BCUT2D eigenvalue weighted by Gasteiger charge is 2.30. The molecule has 206 valence electrons. The Balaban J connectivity index is 0.000000508. The van der Waals surface area contributed by atoms with Crippen LogP contribution in [0.2, 0.25) is 5.15 Å². The zero-order chi connectivity index (χ0) is 27.2. The zero-order valence-corrected chi connectivity index (χ0v) is 23.1. The molecule has 1 amide bonds. The summed E-state index contributed by atoms with van der Waals surface area (Å²) in [4.78, 5) is 22.7. The topological polar surface area (TPSA) is 129 Å². The van der Waals surface area contributed by atoms with Crippen molar-refractivity contribution in [2.45, 2.75) is 45.5 Å². The van der Waals surface area contributed by atoms with E-state index in [9.17, 15) is 4.79 Å². The molecule has 0 saturated heterocycles. The van der Waals surface area contributed by atoms with E-state index in [-0.39, 0.29) is 24.7 Å².